The Bertz CT molecular complexity index is 1180. The Morgan fingerprint density at radius 3 is 2.36 bits per heavy atom. The van der Waals surface area contributed by atoms with Crippen LogP contribution in [0.5, 0.6) is 0 Å². The molecule has 4 aromatic rings. The predicted octanol–water partition coefficient (Wildman–Crippen LogP) is 6.05. The lowest BCUT2D eigenvalue weighted by Crippen LogP contribution is -2.23. The van der Waals surface area contributed by atoms with Gasteiger partial charge >= 0.3 is 0 Å². The van der Waals surface area contributed by atoms with Crippen molar-refractivity contribution in [1.29, 1.82) is 0 Å². The van der Waals surface area contributed by atoms with E-state index in [-0.39, 0.29) is 5.56 Å². The van der Waals surface area contributed by atoms with E-state index >= 15 is 0 Å². The Balaban J connectivity index is 2.05. The van der Waals surface area contributed by atoms with Gasteiger partial charge in [-0.2, -0.15) is 9.78 Å². The standard InChI is InChI=1S/C24H21ClN2O/c1-2-3-10-18-13-9-16-21(25)23(18)27-24(28)20-15-8-7-14-19(20)22(26-27)17-11-5-4-6-12-17/h4-9,11-16H,2-3,10H2,1H3. The van der Waals surface area contributed by atoms with Crippen LogP contribution in [0.4, 0.5) is 0 Å². The first-order valence-corrected chi connectivity index (χ1v) is 9.93. The maximum Gasteiger partial charge on any atom is 0.279 e. The third-order valence-electron chi connectivity index (χ3n) is 4.93. The second-order valence-electron chi connectivity index (χ2n) is 6.83. The van der Waals surface area contributed by atoms with Crippen LogP contribution in [0, 0.1) is 0 Å². The van der Waals surface area contributed by atoms with Crippen molar-refractivity contribution in [2.45, 2.75) is 26.2 Å². The van der Waals surface area contributed by atoms with E-state index in [0.717, 1.165) is 41.5 Å². The number of unbranched alkanes of at least 4 members (excludes halogenated alkanes) is 1. The van der Waals surface area contributed by atoms with Gasteiger partial charge in [-0.1, -0.05) is 85.6 Å². The summed E-state index contributed by atoms with van der Waals surface area (Å²) < 4.78 is 1.48. The summed E-state index contributed by atoms with van der Waals surface area (Å²) in [4.78, 5) is 13.3. The molecule has 1 heterocycles. The van der Waals surface area contributed by atoms with Gasteiger partial charge < -0.3 is 0 Å². The smallest absolute Gasteiger partial charge is 0.267 e. The third-order valence-corrected chi connectivity index (χ3v) is 5.24. The molecule has 1 aromatic heterocycles. The fourth-order valence-electron chi connectivity index (χ4n) is 3.52. The van der Waals surface area contributed by atoms with Crippen molar-refractivity contribution >= 4 is 22.4 Å². The predicted molar refractivity (Wildman–Crippen MR) is 116 cm³/mol. The highest BCUT2D eigenvalue weighted by atomic mass is 35.5. The van der Waals surface area contributed by atoms with Crippen LogP contribution in [0.15, 0.2) is 77.6 Å². The highest BCUT2D eigenvalue weighted by Crippen LogP contribution is 2.28. The van der Waals surface area contributed by atoms with Gasteiger partial charge in [-0.25, -0.2) is 0 Å². The summed E-state index contributed by atoms with van der Waals surface area (Å²) in [5, 5.41) is 6.81. The van der Waals surface area contributed by atoms with Crippen LogP contribution < -0.4 is 5.56 Å². The quantitative estimate of drug-likeness (QED) is 0.417. The zero-order valence-corrected chi connectivity index (χ0v) is 16.5. The SMILES string of the molecule is CCCCc1cccc(Cl)c1-n1nc(-c2ccccc2)c2ccccc2c1=O. The van der Waals surface area contributed by atoms with E-state index in [0.29, 0.717) is 16.1 Å². The third kappa shape index (κ3) is 3.34. The molecule has 4 heteroatoms. The lowest BCUT2D eigenvalue weighted by molar-refractivity contribution is 0.765. The summed E-state index contributed by atoms with van der Waals surface area (Å²) in [6.45, 7) is 2.15. The largest absolute Gasteiger partial charge is 0.279 e. The van der Waals surface area contributed by atoms with Crippen LogP contribution >= 0.6 is 11.6 Å². The number of aromatic nitrogens is 2. The summed E-state index contributed by atoms with van der Waals surface area (Å²) in [5.41, 5.74) is 3.32. The molecule has 4 rings (SSSR count). The molecule has 140 valence electrons. The Morgan fingerprint density at radius 2 is 1.61 bits per heavy atom. The molecule has 0 aliphatic heterocycles. The Kier molecular flexibility index (Phi) is 5.27. The van der Waals surface area contributed by atoms with Gasteiger partial charge in [0, 0.05) is 10.9 Å². The van der Waals surface area contributed by atoms with E-state index in [1.54, 1.807) is 0 Å². The van der Waals surface area contributed by atoms with Crippen molar-refractivity contribution in [3.8, 4) is 16.9 Å². The van der Waals surface area contributed by atoms with Crippen LogP contribution in [0.25, 0.3) is 27.7 Å². The number of fused-ring (bicyclic) bond motifs is 1. The summed E-state index contributed by atoms with van der Waals surface area (Å²) in [6.07, 6.45) is 2.95. The molecule has 0 aliphatic rings. The molecular formula is C24H21ClN2O. The molecule has 28 heavy (non-hydrogen) atoms. The molecule has 0 aliphatic carbocycles. The van der Waals surface area contributed by atoms with Crippen molar-refractivity contribution in [3.63, 3.8) is 0 Å². The minimum Gasteiger partial charge on any atom is -0.267 e. The molecule has 0 amide bonds. The molecule has 0 unspecified atom stereocenters. The van der Waals surface area contributed by atoms with Gasteiger partial charge in [0.15, 0.2) is 0 Å². The number of hydrogen-bond acceptors (Lipinski definition) is 2. The molecule has 0 saturated heterocycles. The molecule has 0 radical (unpaired) electrons. The zero-order valence-electron chi connectivity index (χ0n) is 15.7. The molecule has 0 saturated carbocycles. The molecule has 0 atom stereocenters. The van der Waals surface area contributed by atoms with Crippen molar-refractivity contribution in [2.75, 3.05) is 0 Å². The minimum absolute atomic E-state index is 0.152. The highest BCUT2D eigenvalue weighted by molar-refractivity contribution is 6.32. The average Bonchev–Trinajstić information content (AvgIpc) is 2.74. The fourth-order valence-corrected chi connectivity index (χ4v) is 3.79. The monoisotopic (exact) mass is 388 g/mol. The number of para-hydroxylation sites is 1. The second-order valence-corrected chi connectivity index (χ2v) is 7.24. The topological polar surface area (TPSA) is 34.9 Å². The van der Waals surface area contributed by atoms with E-state index in [1.807, 2.05) is 72.8 Å². The van der Waals surface area contributed by atoms with Gasteiger partial charge in [0.25, 0.3) is 5.56 Å². The van der Waals surface area contributed by atoms with E-state index < -0.39 is 0 Å². The second kappa shape index (κ2) is 7.99. The van der Waals surface area contributed by atoms with Crippen molar-refractivity contribution in [2.24, 2.45) is 0 Å². The molecule has 0 bridgehead atoms. The van der Waals surface area contributed by atoms with Gasteiger partial charge in [0.05, 0.1) is 21.8 Å². The number of nitrogens with zero attached hydrogens (tertiary/aromatic N) is 2. The van der Waals surface area contributed by atoms with Crippen LogP contribution in [0.1, 0.15) is 25.3 Å². The molecule has 0 spiro atoms. The Hall–Kier alpha value is -2.91. The van der Waals surface area contributed by atoms with Gasteiger partial charge in [0.1, 0.15) is 0 Å². The highest BCUT2D eigenvalue weighted by Gasteiger charge is 2.17. The molecular weight excluding hydrogens is 368 g/mol. The Labute approximate surface area is 169 Å². The normalized spacial score (nSPS) is 11.1. The summed E-state index contributed by atoms with van der Waals surface area (Å²) in [5.74, 6) is 0. The van der Waals surface area contributed by atoms with E-state index in [9.17, 15) is 4.79 Å². The number of hydrogen-bond donors (Lipinski definition) is 0. The van der Waals surface area contributed by atoms with E-state index in [2.05, 4.69) is 6.92 Å². The summed E-state index contributed by atoms with van der Waals surface area (Å²) in [7, 11) is 0. The first-order chi connectivity index (χ1) is 13.7. The van der Waals surface area contributed by atoms with Gasteiger partial charge in [-0.3, -0.25) is 4.79 Å². The summed E-state index contributed by atoms with van der Waals surface area (Å²) >= 11 is 6.56. The maximum absolute atomic E-state index is 13.3. The van der Waals surface area contributed by atoms with Gasteiger partial charge in [-0.05, 0) is 30.5 Å². The van der Waals surface area contributed by atoms with Crippen LogP contribution in [-0.4, -0.2) is 9.78 Å². The fraction of sp³-hybridized carbons (Fsp3) is 0.167. The average molecular weight is 389 g/mol. The minimum atomic E-state index is -0.152. The van der Waals surface area contributed by atoms with E-state index in [1.165, 1.54) is 4.68 Å². The maximum atomic E-state index is 13.3. The van der Waals surface area contributed by atoms with Crippen LogP contribution in [-0.2, 0) is 6.42 Å². The first-order valence-electron chi connectivity index (χ1n) is 9.56. The molecule has 0 N–H and O–H groups in total. The van der Waals surface area contributed by atoms with Gasteiger partial charge in [0.2, 0.25) is 0 Å². The lowest BCUT2D eigenvalue weighted by atomic mass is 10.0. The van der Waals surface area contributed by atoms with Gasteiger partial charge in [-0.15, -0.1) is 0 Å². The van der Waals surface area contributed by atoms with Crippen LogP contribution in [0.3, 0.4) is 0 Å². The van der Waals surface area contributed by atoms with Crippen molar-refractivity contribution < 1.29 is 0 Å². The van der Waals surface area contributed by atoms with Crippen LogP contribution in [0.2, 0.25) is 5.02 Å². The zero-order chi connectivity index (χ0) is 19.5. The number of rotatable bonds is 5. The Morgan fingerprint density at radius 1 is 0.893 bits per heavy atom. The lowest BCUT2D eigenvalue weighted by Gasteiger charge is -2.15. The number of benzene rings is 3. The molecule has 3 aromatic carbocycles. The van der Waals surface area contributed by atoms with Crippen molar-refractivity contribution in [3.05, 3.63) is 93.7 Å². The van der Waals surface area contributed by atoms with Crippen molar-refractivity contribution in [1.82, 2.24) is 9.78 Å². The number of aryl methyl sites for hydroxylation is 1. The summed E-state index contributed by atoms with van der Waals surface area (Å²) in [6, 6.07) is 23.3. The first kappa shape index (κ1) is 18.5. The number of halogens is 1. The van der Waals surface area contributed by atoms with E-state index in [4.69, 9.17) is 16.7 Å². The molecule has 3 nitrogen and oxygen atoms in total. The molecule has 0 fully saturated rings.